The number of imide groups is 1. The molecule has 0 radical (unpaired) electrons. The topological polar surface area (TPSA) is 155 Å². The van der Waals surface area contributed by atoms with Gasteiger partial charge in [0.2, 0.25) is 0 Å². The van der Waals surface area contributed by atoms with Gasteiger partial charge in [-0.15, -0.1) is 0 Å². The van der Waals surface area contributed by atoms with Crippen molar-refractivity contribution >= 4 is 39.5 Å². The van der Waals surface area contributed by atoms with E-state index in [9.17, 15) is 19.2 Å². The summed E-state index contributed by atoms with van der Waals surface area (Å²) in [5.41, 5.74) is 0. The summed E-state index contributed by atoms with van der Waals surface area (Å²) in [6.45, 7) is 7.06. The molecule has 1 aromatic carbocycles. The fourth-order valence-electron chi connectivity index (χ4n) is 4.36. The third-order valence-electron chi connectivity index (χ3n) is 7.09. The second kappa shape index (κ2) is 30.8. The van der Waals surface area contributed by atoms with Gasteiger partial charge >= 0.3 is 5.97 Å². The summed E-state index contributed by atoms with van der Waals surface area (Å²) in [7, 11) is 0. The van der Waals surface area contributed by atoms with Crippen LogP contribution in [0.1, 0.15) is 44.9 Å². The van der Waals surface area contributed by atoms with Crippen LogP contribution in [0.2, 0.25) is 0 Å². The highest BCUT2D eigenvalue weighted by molar-refractivity contribution is 9.10. The van der Waals surface area contributed by atoms with Crippen molar-refractivity contribution in [3.05, 3.63) is 40.9 Å². The summed E-state index contributed by atoms with van der Waals surface area (Å²) in [5, 5.41) is 0. The van der Waals surface area contributed by atoms with Crippen molar-refractivity contribution in [2.75, 3.05) is 112 Å². The summed E-state index contributed by atoms with van der Waals surface area (Å²) in [6, 6.07) is 7.71. The van der Waals surface area contributed by atoms with Crippen molar-refractivity contribution in [3.8, 4) is 5.75 Å². The largest absolute Gasteiger partial charge is 0.494 e. The maximum Gasteiger partial charge on any atom is 0.305 e. The molecular weight excluding hydrogens is 734 g/mol. The zero-order chi connectivity index (χ0) is 36.6. The van der Waals surface area contributed by atoms with Gasteiger partial charge in [0.1, 0.15) is 18.1 Å². The number of rotatable bonds is 35. The Morgan fingerprint density at radius 2 is 0.980 bits per heavy atom. The number of ketones is 1. The number of unbranched alkanes of at least 4 members (excludes halogenated alkanes) is 2. The lowest BCUT2D eigenvalue weighted by molar-refractivity contribution is -0.145. The van der Waals surface area contributed by atoms with Crippen LogP contribution in [-0.2, 0) is 57.1 Å². The second-order valence-electron chi connectivity index (χ2n) is 11.2. The molecule has 1 aliphatic heterocycles. The number of esters is 1. The van der Waals surface area contributed by atoms with Crippen molar-refractivity contribution in [2.24, 2.45) is 0 Å². The first-order valence-electron chi connectivity index (χ1n) is 17.6. The number of hydrogen-bond acceptors (Lipinski definition) is 13. The SMILES string of the molecule is O=C(CCCOCCOCCOCCOCCOCCOCCOCCOC(=O)CCCCCOc1ccc(Br)cc1)CCN1C(=O)C=CC1=O. The van der Waals surface area contributed by atoms with Crippen LogP contribution < -0.4 is 4.74 Å². The monoisotopic (exact) mass is 787 g/mol. The average molecular weight is 789 g/mol. The zero-order valence-corrected chi connectivity index (χ0v) is 31.2. The lowest BCUT2D eigenvalue weighted by atomic mass is 10.1. The third kappa shape index (κ3) is 25.0. The van der Waals surface area contributed by atoms with Gasteiger partial charge in [-0.25, -0.2) is 0 Å². The van der Waals surface area contributed by atoms with Crippen molar-refractivity contribution in [3.63, 3.8) is 0 Å². The first-order chi connectivity index (χ1) is 25.0. The predicted molar refractivity (Wildman–Crippen MR) is 190 cm³/mol. The number of carbonyl (C=O) groups is 4. The molecule has 1 aliphatic rings. The molecule has 0 spiro atoms. The first-order valence-corrected chi connectivity index (χ1v) is 18.4. The standard InChI is InChI=1S/C36H54BrNO13/c37-31-7-9-33(10-8-31)50-16-3-1-2-6-36(42)51-30-29-49-28-27-48-26-25-47-24-23-46-22-21-45-20-19-44-18-17-43-15-4-5-32(39)13-14-38-34(40)11-12-35(38)41/h7-12H,1-6,13-30H2. The van der Waals surface area contributed by atoms with Gasteiger partial charge in [-0.1, -0.05) is 15.9 Å². The van der Waals surface area contributed by atoms with Crippen molar-refractivity contribution in [1.82, 2.24) is 4.90 Å². The van der Waals surface area contributed by atoms with E-state index < -0.39 is 0 Å². The van der Waals surface area contributed by atoms with Crippen LogP contribution in [-0.4, -0.2) is 141 Å². The quantitative estimate of drug-likeness (QED) is 0.0559. The van der Waals surface area contributed by atoms with E-state index in [-0.39, 0.29) is 43.1 Å². The highest BCUT2D eigenvalue weighted by atomic mass is 79.9. The maximum absolute atomic E-state index is 11.9. The first kappa shape index (κ1) is 44.4. The summed E-state index contributed by atoms with van der Waals surface area (Å²) in [6.07, 6.45) is 6.44. The fourth-order valence-corrected chi connectivity index (χ4v) is 4.63. The molecule has 0 saturated heterocycles. The molecule has 51 heavy (non-hydrogen) atoms. The molecule has 0 atom stereocenters. The molecule has 2 amide bonds. The highest BCUT2D eigenvalue weighted by Crippen LogP contribution is 2.16. The molecule has 1 heterocycles. The minimum absolute atomic E-state index is 0.00693. The Hall–Kier alpha value is -2.76. The number of benzene rings is 1. The summed E-state index contributed by atoms with van der Waals surface area (Å²) < 4.78 is 50.0. The van der Waals surface area contributed by atoms with Crippen LogP contribution in [0.3, 0.4) is 0 Å². The van der Waals surface area contributed by atoms with Gasteiger partial charge in [0.15, 0.2) is 0 Å². The zero-order valence-electron chi connectivity index (χ0n) is 29.6. The minimum Gasteiger partial charge on any atom is -0.494 e. The van der Waals surface area contributed by atoms with E-state index in [1.165, 1.54) is 12.2 Å². The molecule has 14 nitrogen and oxygen atoms in total. The molecule has 0 N–H and O–H groups in total. The summed E-state index contributed by atoms with van der Waals surface area (Å²) in [5.74, 6) is -0.128. The van der Waals surface area contributed by atoms with E-state index in [4.69, 9.17) is 42.6 Å². The smallest absolute Gasteiger partial charge is 0.305 e. The maximum atomic E-state index is 11.9. The minimum atomic E-state index is -0.372. The Bertz CT molecular complexity index is 1100. The normalized spacial score (nSPS) is 12.6. The van der Waals surface area contributed by atoms with Crippen LogP contribution in [0.5, 0.6) is 5.75 Å². The number of carbonyl (C=O) groups excluding carboxylic acids is 4. The van der Waals surface area contributed by atoms with Crippen LogP contribution in [0.25, 0.3) is 0 Å². The number of amides is 2. The average Bonchev–Trinajstić information content (AvgIpc) is 3.45. The lowest BCUT2D eigenvalue weighted by Crippen LogP contribution is -2.32. The van der Waals surface area contributed by atoms with Gasteiger partial charge in [0, 0.05) is 49.0 Å². The Labute approximate surface area is 309 Å². The Morgan fingerprint density at radius 3 is 1.49 bits per heavy atom. The van der Waals surface area contributed by atoms with Gasteiger partial charge in [0.25, 0.3) is 11.8 Å². The van der Waals surface area contributed by atoms with E-state index >= 15 is 0 Å². The molecule has 0 unspecified atom stereocenters. The number of hydrogen-bond donors (Lipinski definition) is 0. The van der Waals surface area contributed by atoms with Crippen molar-refractivity contribution in [1.29, 1.82) is 0 Å². The Kier molecular flexibility index (Phi) is 26.8. The summed E-state index contributed by atoms with van der Waals surface area (Å²) in [4.78, 5) is 47.7. The van der Waals surface area contributed by atoms with Gasteiger partial charge in [-0.2, -0.15) is 0 Å². The van der Waals surface area contributed by atoms with Crippen molar-refractivity contribution < 1.29 is 61.8 Å². The van der Waals surface area contributed by atoms with Gasteiger partial charge in [0.05, 0.1) is 92.5 Å². The number of halogens is 1. The molecule has 1 aromatic rings. The van der Waals surface area contributed by atoms with Gasteiger partial charge in [-0.05, 0) is 49.9 Å². The van der Waals surface area contributed by atoms with E-state index in [0.717, 1.165) is 34.4 Å². The summed E-state index contributed by atoms with van der Waals surface area (Å²) >= 11 is 3.39. The molecule has 288 valence electrons. The number of Topliss-reactive ketones (excluding diaryl/α,β-unsaturated/α-hetero) is 1. The highest BCUT2D eigenvalue weighted by Gasteiger charge is 2.23. The van der Waals surface area contributed by atoms with Gasteiger partial charge < -0.3 is 42.6 Å². The van der Waals surface area contributed by atoms with E-state index in [1.807, 2.05) is 24.3 Å². The molecule has 0 bridgehead atoms. The molecule has 0 fully saturated rings. The van der Waals surface area contributed by atoms with E-state index in [0.29, 0.717) is 118 Å². The number of ether oxygens (including phenoxy) is 9. The van der Waals surface area contributed by atoms with Crippen LogP contribution in [0.15, 0.2) is 40.9 Å². The molecule has 0 aliphatic carbocycles. The van der Waals surface area contributed by atoms with Crippen molar-refractivity contribution in [2.45, 2.75) is 44.9 Å². The van der Waals surface area contributed by atoms with Crippen LogP contribution in [0.4, 0.5) is 0 Å². The molecule has 2 rings (SSSR count). The predicted octanol–water partition coefficient (Wildman–Crippen LogP) is 3.71. The third-order valence-corrected chi connectivity index (χ3v) is 7.62. The molecule has 0 saturated carbocycles. The fraction of sp³-hybridized carbons (Fsp3) is 0.667. The Morgan fingerprint density at radius 1 is 0.510 bits per heavy atom. The number of nitrogens with zero attached hydrogens (tertiary/aromatic N) is 1. The second-order valence-corrected chi connectivity index (χ2v) is 12.1. The van der Waals surface area contributed by atoms with E-state index in [2.05, 4.69) is 15.9 Å². The lowest BCUT2D eigenvalue weighted by Gasteiger charge is -2.12. The molecule has 15 heteroatoms. The van der Waals surface area contributed by atoms with Crippen LogP contribution >= 0.6 is 15.9 Å². The Balaban J connectivity index is 1.18. The molecular formula is C36H54BrNO13. The molecule has 0 aromatic heterocycles. The van der Waals surface area contributed by atoms with E-state index in [1.54, 1.807) is 0 Å². The van der Waals surface area contributed by atoms with Gasteiger partial charge in [-0.3, -0.25) is 24.1 Å². The van der Waals surface area contributed by atoms with Crippen LogP contribution in [0, 0.1) is 0 Å².